The number of aromatic nitrogens is 2. The number of fused-ring (bicyclic) bond motifs is 1. The number of likely N-dealkylation sites (tertiary alicyclic amines) is 1. The number of hydrogen-bond donors (Lipinski definition) is 2. The number of nitrogens with two attached hydrogens (primary N) is 1. The molecule has 1 fully saturated rings. The molecule has 142 valence electrons. The van der Waals surface area contributed by atoms with E-state index in [-0.39, 0.29) is 11.5 Å². The van der Waals surface area contributed by atoms with Crippen molar-refractivity contribution < 1.29 is 9.90 Å². The molecule has 2 atom stereocenters. The van der Waals surface area contributed by atoms with E-state index >= 15 is 0 Å². The summed E-state index contributed by atoms with van der Waals surface area (Å²) in [5, 5.41) is 15.3. The van der Waals surface area contributed by atoms with Crippen molar-refractivity contribution in [3.63, 3.8) is 0 Å². The third-order valence-corrected chi connectivity index (χ3v) is 5.67. The Kier molecular flexibility index (Phi) is 4.86. The maximum atomic E-state index is 11.6. The largest absolute Gasteiger partial charge is 0.465 e. The van der Waals surface area contributed by atoms with E-state index in [2.05, 4.69) is 30.6 Å². The van der Waals surface area contributed by atoms with Gasteiger partial charge >= 0.3 is 6.09 Å². The van der Waals surface area contributed by atoms with Crippen molar-refractivity contribution in [2.24, 2.45) is 11.3 Å². The van der Waals surface area contributed by atoms with Crippen molar-refractivity contribution in [3.05, 3.63) is 23.9 Å². The average molecular weight is 358 g/mol. The Morgan fingerprint density at radius 1 is 1.38 bits per heavy atom. The molecule has 0 radical (unpaired) electrons. The molecular formula is C20H30N4O2. The van der Waals surface area contributed by atoms with Crippen LogP contribution in [0.1, 0.15) is 45.7 Å². The van der Waals surface area contributed by atoms with Gasteiger partial charge in [-0.25, -0.2) is 4.79 Å². The van der Waals surface area contributed by atoms with Gasteiger partial charge in [-0.2, -0.15) is 5.10 Å². The minimum Gasteiger partial charge on any atom is -0.465 e. The number of carbonyl (C=O) groups is 1. The van der Waals surface area contributed by atoms with Gasteiger partial charge in [0.15, 0.2) is 0 Å². The average Bonchev–Trinajstić information content (AvgIpc) is 2.87. The maximum Gasteiger partial charge on any atom is 0.407 e. The predicted molar refractivity (Wildman–Crippen MR) is 104 cm³/mol. The summed E-state index contributed by atoms with van der Waals surface area (Å²) in [5.41, 5.74) is 8.75. The molecule has 1 amide bonds. The Labute approximate surface area is 155 Å². The van der Waals surface area contributed by atoms with E-state index in [1.54, 1.807) is 4.90 Å². The molecule has 26 heavy (non-hydrogen) atoms. The Balaban J connectivity index is 1.73. The number of rotatable bonds is 3. The summed E-state index contributed by atoms with van der Waals surface area (Å²) in [6.45, 7) is 9.86. The van der Waals surface area contributed by atoms with Crippen LogP contribution in [0.3, 0.4) is 0 Å². The van der Waals surface area contributed by atoms with Crippen molar-refractivity contribution in [2.45, 2.75) is 59.5 Å². The second-order valence-electron chi connectivity index (χ2n) is 8.62. The molecule has 6 nitrogen and oxygen atoms in total. The molecule has 2 unspecified atom stereocenters. The summed E-state index contributed by atoms with van der Waals surface area (Å²) >= 11 is 0. The number of aryl methyl sites for hydroxylation is 2. The van der Waals surface area contributed by atoms with E-state index in [0.717, 1.165) is 48.1 Å². The topological polar surface area (TPSA) is 84.4 Å². The van der Waals surface area contributed by atoms with Crippen molar-refractivity contribution in [1.29, 1.82) is 0 Å². The lowest BCUT2D eigenvalue weighted by Crippen LogP contribution is -2.51. The highest BCUT2D eigenvalue weighted by Crippen LogP contribution is 2.36. The third-order valence-electron chi connectivity index (χ3n) is 5.67. The molecule has 1 aliphatic rings. The van der Waals surface area contributed by atoms with Crippen LogP contribution in [0.5, 0.6) is 0 Å². The molecule has 6 heteroatoms. The van der Waals surface area contributed by atoms with Crippen LogP contribution in [0.2, 0.25) is 0 Å². The van der Waals surface area contributed by atoms with Crippen LogP contribution >= 0.6 is 0 Å². The van der Waals surface area contributed by atoms with Crippen LogP contribution in [0.25, 0.3) is 10.9 Å². The quantitative estimate of drug-likeness (QED) is 0.808. The lowest BCUT2D eigenvalue weighted by atomic mass is 9.76. The zero-order valence-electron chi connectivity index (χ0n) is 16.2. The van der Waals surface area contributed by atoms with Crippen LogP contribution in [0, 0.1) is 18.3 Å². The number of anilines is 1. The summed E-state index contributed by atoms with van der Waals surface area (Å²) in [5.74, 6) is 0.510. The maximum absolute atomic E-state index is 11.6. The molecule has 1 saturated heterocycles. The molecule has 3 N–H and O–H groups in total. The van der Waals surface area contributed by atoms with Crippen LogP contribution < -0.4 is 5.73 Å². The van der Waals surface area contributed by atoms with E-state index in [4.69, 9.17) is 5.73 Å². The number of nitrogen functional groups attached to an aromatic ring is 1. The lowest BCUT2D eigenvalue weighted by molar-refractivity contribution is 0.0381. The first-order chi connectivity index (χ1) is 12.2. The van der Waals surface area contributed by atoms with Crippen molar-refractivity contribution >= 4 is 22.7 Å². The van der Waals surface area contributed by atoms with Crippen molar-refractivity contribution in [1.82, 2.24) is 14.7 Å². The number of benzene rings is 1. The summed E-state index contributed by atoms with van der Waals surface area (Å²) in [6.07, 6.45) is 2.04. The molecule has 1 aliphatic heterocycles. The first-order valence-electron chi connectivity index (χ1n) is 9.39. The van der Waals surface area contributed by atoms with Crippen LogP contribution in [-0.2, 0) is 6.54 Å². The lowest BCUT2D eigenvalue weighted by Gasteiger charge is -2.44. The van der Waals surface area contributed by atoms with Gasteiger partial charge in [0.2, 0.25) is 0 Å². The van der Waals surface area contributed by atoms with Crippen LogP contribution in [0.4, 0.5) is 10.5 Å². The number of nitrogens with zero attached hydrogens (tertiary/aromatic N) is 3. The predicted octanol–water partition coefficient (Wildman–Crippen LogP) is 4.12. The SMILES string of the molecule is Cc1nn(CCC2CCN(C(=O)O)C(C(C)(C)C)C2)c2cc(N)ccc12. The Hall–Kier alpha value is -2.24. The molecule has 0 spiro atoms. The normalized spacial score (nSPS) is 21.3. The minimum absolute atomic E-state index is 0.0551. The summed E-state index contributed by atoms with van der Waals surface area (Å²) in [6, 6.07) is 5.99. The smallest absolute Gasteiger partial charge is 0.407 e. The molecule has 0 saturated carbocycles. The number of amides is 1. The van der Waals surface area contributed by atoms with Gasteiger partial charge in [0.05, 0.1) is 11.2 Å². The number of piperidine rings is 1. The molecule has 2 aromatic rings. The fraction of sp³-hybridized carbons (Fsp3) is 0.600. The summed E-state index contributed by atoms with van der Waals surface area (Å²) < 4.78 is 2.05. The van der Waals surface area contributed by atoms with Gasteiger partial charge in [-0.1, -0.05) is 20.8 Å². The van der Waals surface area contributed by atoms with Crippen molar-refractivity contribution in [3.8, 4) is 0 Å². The fourth-order valence-corrected chi connectivity index (χ4v) is 4.18. The monoisotopic (exact) mass is 358 g/mol. The molecule has 1 aromatic carbocycles. The van der Waals surface area contributed by atoms with Gasteiger partial charge in [0.1, 0.15) is 0 Å². The van der Waals surface area contributed by atoms with Gasteiger partial charge < -0.3 is 15.7 Å². The second-order valence-corrected chi connectivity index (χ2v) is 8.62. The molecule has 1 aromatic heterocycles. The fourth-order valence-electron chi connectivity index (χ4n) is 4.18. The van der Waals surface area contributed by atoms with Gasteiger partial charge in [0, 0.05) is 30.2 Å². The minimum atomic E-state index is -0.799. The zero-order valence-corrected chi connectivity index (χ0v) is 16.2. The highest BCUT2D eigenvalue weighted by atomic mass is 16.4. The summed E-state index contributed by atoms with van der Waals surface area (Å²) in [4.78, 5) is 13.2. The van der Waals surface area contributed by atoms with Crippen LogP contribution in [0.15, 0.2) is 18.2 Å². The molecular weight excluding hydrogens is 328 g/mol. The Bertz CT molecular complexity index is 806. The highest BCUT2D eigenvalue weighted by Gasteiger charge is 2.38. The van der Waals surface area contributed by atoms with E-state index in [1.165, 1.54) is 0 Å². The molecule has 3 rings (SSSR count). The van der Waals surface area contributed by atoms with E-state index in [1.807, 2.05) is 25.1 Å². The van der Waals surface area contributed by atoms with Crippen molar-refractivity contribution in [2.75, 3.05) is 12.3 Å². The van der Waals surface area contributed by atoms with Gasteiger partial charge in [-0.15, -0.1) is 0 Å². The standard InChI is InChI=1S/C20H30N4O2/c1-13-16-6-5-15(21)12-17(16)24(22-13)10-8-14-7-9-23(19(25)26)18(11-14)20(2,3)4/h5-6,12,14,18H,7-11,21H2,1-4H3,(H,25,26). The van der Waals surface area contributed by atoms with Gasteiger partial charge in [0.25, 0.3) is 0 Å². The summed E-state index contributed by atoms with van der Waals surface area (Å²) in [7, 11) is 0. The highest BCUT2D eigenvalue weighted by molar-refractivity contribution is 5.84. The van der Waals surface area contributed by atoms with E-state index < -0.39 is 6.09 Å². The first kappa shape index (κ1) is 18.5. The number of hydrogen-bond acceptors (Lipinski definition) is 3. The number of carboxylic acid groups (broad SMARTS) is 1. The molecule has 0 bridgehead atoms. The van der Waals surface area contributed by atoms with E-state index in [0.29, 0.717) is 12.5 Å². The van der Waals surface area contributed by atoms with Gasteiger partial charge in [-0.05, 0) is 55.7 Å². The zero-order chi connectivity index (χ0) is 19.1. The van der Waals surface area contributed by atoms with Gasteiger partial charge in [-0.3, -0.25) is 4.68 Å². The van der Waals surface area contributed by atoms with E-state index in [9.17, 15) is 9.90 Å². The molecule has 2 heterocycles. The second kappa shape index (κ2) is 6.82. The first-order valence-corrected chi connectivity index (χ1v) is 9.39. The third kappa shape index (κ3) is 3.64. The van der Waals surface area contributed by atoms with Crippen LogP contribution in [-0.4, -0.2) is 38.5 Å². The molecule has 0 aliphatic carbocycles. The Morgan fingerprint density at radius 2 is 2.12 bits per heavy atom. The Morgan fingerprint density at radius 3 is 2.77 bits per heavy atom.